The topological polar surface area (TPSA) is 43.7 Å². The van der Waals surface area contributed by atoms with Crippen LogP contribution in [-0.4, -0.2) is 47.0 Å². The molecule has 2 N–H and O–H groups in total. The smallest absolute Gasteiger partial charge is 0.0695 e. The first-order valence-electron chi connectivity index (χ1n) is 6.32. The lowest BCUT2D eigenvalue weighted by Gasteiger charge is -2.33. The number of nitrogens with zero attached hydrogens (tertiary/aromatic N) is 1. The van der Waals surface area contributed by atoms with Gasteiger partial charge in [-0.2, -0.15) is 0 Å². The summed E-state index contributed by atoms with van der Waals surface area (Å²) >= 11 is 0. The predicted molar refractivity (Wildman–Crippen MR) is 61.8 cm³/mol. The fraction of sp³-hybridized carbons (Fsp3) is 1.00. The molecule has 15 heavy (non-hydrogen) atoms. The summed E-state index contributed by atoms with van der Waals surface area (Å²) in [5.74, 6) is 0. The van der Waals surface area contributed by atoms with E-state index < -0.39 is 0 Å². The van der Waals surface area contributed by atoms with Crippen LogP contribution < -0.4 is 0 Å². The summed E-state index contributed by atoms with van der Waals surface area (Å²) < 4.78 is 0. The Morgan fingerprint density at radius 2 is 1.87 bits per heavy atom. The lowest BCUT2D eigenvalue weighted by Crippen LogP contribution is -2.44. The molecule has 0 saturated heterocycles. The Morgan fingerprint density at radius 3 is 2.53 bits per heavy atom. The van der Waals surface area contributed by atoms with Gasteiger partial charge < -0.3 is 10.2 Å². The second kappa shape index (κ2) is 7.20. The van der Waals surface area contributed by atoms with Crippen molar-refractivity contribution >= 4 is 0 Å². The van der Waals surface area contributed by atoms with Crippen LogP contribution in [0.1, 0.15) is 45.4 Å². The Hall–Kier alpha value is -0.120. The second-order valence-corrected chi connectivity index (χ2v) is 4.53. The molecule has 3 heteroatoms. The van der Waals surface area contributed by atoms with Crippen molar-refractivity contribution in [3.8, 4) is 0 Å². The Bertz CT molecular complexity index is 158. The van der Waals surface area contributed by atoms with E-state index in [4.69, 9.17) is 5.11 Å². The van der Waals surface area contributed by atoms with Crippen molar-refractivity contribution in [2.45, 2.75) is 57.6 Å². The number of rotatable bonds is 5. The van der Waals surface area contributed by atoms with E-state index in [-0.39, 0.29) is 18.8 Å². The van der Waals surface area contributed by atoms with E-state index in [2.05, 4.69) is 11.8 Å². The van der Waals surface area contributed by atoms with Crippen molar-refractivity contribution in [3.63, 3.8) is 0 Å². The Balaban J connectivity index is 2.52. The molecule has 0 heterocycles. The maximum atomic E-state index is 10.0. The van der Waals surface area contributed by atoms with Crippen molar-refractivity contribution in [1.29, 1.82) is 0 Å². The minimum absolute atomic E-state index is 0.189. The van der Waals surface area contributed by atoms with Crippen LogP contribution in [0.5, 0.6) is 0 Å². The Morgan fingerprint density at radius 1 is 1.13 bits per heavy atom. The third kappa shape index (κ3) is 4.09. The molecule has 0 spiro atoms. The van der Waals surface area contributed by atoms with Gasteiger partial charge >= 0.3 is 0 Å². The summed E-state index contributed by atoms with van der Waals surface area (Å²) in [5, 5.41) is 19.1. The SMILES string of the molecule is CCCN(CCO)C1CCCCCC1O. The molecule has 0 radical (unpaired) electrons. The average molecular weight is 215 g/mol. The molecule has 0 bridgehead atoms. The molecule has 90 valence electrons. The first-order chi connectivity index (χ1) is 7.29. The third-order valence-electron chi connectivity index (χ3n) is 3.31. The second-order valence-electron chi connectivity index (χ2n) is 4.53. The molecule has 2 atom stereocenters. The Kier molecular flexibility index (Phi) is 6.22. The molecule has 1 fully saturated rings. The number of hydrogen-bond acceptors (Lipinski definition) is 3. The molecule has 2 unspecified atom stereocenters. The fourth-order valence-corrected chi connectivity index (χ4v) is 2.55. The molecule has 0 aromatic rings. The summed E-state index contributed by atoms with van der Waals surface area (Å²) in [7, 11) is 0. The van der Waals surface area contributed by atoms with Gasteiger partial charge in [-0.3, -0.25) is 4.90 Å². The van der Waals surface area contributed by atoms with Crippen molar-refractivity contribution < 1.29 is 10.2 Å². The Labute approximate surface area is 93.1 Å². The van der Waals surface area contributed by atoms with Crippen molar-refractivity contribution in [1.82, 2.24) is 4.90 Å². The van der Waals surface area contributed by atoms with Crippen LogP contribution >= 0.6 is 0 Å². The zero-order chi connectivity index (χ0) is 11.1. The third-order valence-corrected chi connectivity index (χ3v) is 3.31. The summed E-state index contributed by atoms with van der Waals surface area (Å²) in [6.07, 6.45) is 6.52. The minimum Gasteiger partial charge on any atom is -0.395 e. The minimum atomic E-state index is -0.189. The molecule has 0 aromatic heterocycles. The maximum Gasteiger partial charge on any atom is 0.0695 e. The van der Waals surface area contributed by atoms with Crippen LogP contribution in [0.25, 0.3) is 0 Å². The van der Waals surface area contributed by atoms with E-state index >= 15 is 0 Å². The lowest BCUT2D eigenvalue weighted by molar-refractivity contribution is 0.0351. The van der Waals surface area contributed by atoms with Gasteiger partial charge in [-0.15, -0.1) is 0 Å². The van der Waals surface area contributed by atoms with Gasteiger partial charge in [-0.05, 0) is 25.8 Å². The van der Waals surface area contributed by atoms with E-state index in [1.807, 2.05) is 0 Å². The van der Waals surface area contributed by atoms with E-state index in [9.17, 15) is 5.11 Å². The zero-order valence-corrected chi connectivity index (χ0v) is 9.86. The molecule has 0 aliphatic heterocycles. The normalized spacial score (nSPS) is 28.0. The first kappa shape index (κ1) is 12.9. The van der Waals surface area contributed by atoms with Crippen LogP contribution in [0.2, 0.25) is 0 Å². The molecule has 1 saturated carbocycles. The quantitative estimate of drug-likeness (QED) is 0.681. The summed E-state index contributed by atoms with van der Waals surface area (Å²) in [5.41, 5.74) is 0. The molecule has 0 aromatic carbocycles. The fourth-order valence-electron chi connectivity index (χ4n) is 2.55. The zero-order valence-electron chi connectivity index (χ0n) is 9.86. The summed E-state index contributed by atoms with van der Waals surface area (Å²) in [6, 6.07) is 0.277. The van der Waals surface area contributed by atoms with E-state index in [1.165, 1.54) is 12.8 Å². The van der Waals surface area contributed by atoms with Crippen molar-refractivity contribution in [3.05, 3.63) is 0 Å². The molecule has 3 nitrogen and oxygen atoms in total. The van der Waals surface area contributed by atoms with E-state index in [0.29, 0.717) is 6.54 Å². The van der Waals surface area contributed by atoms with Gasteiger partial charge in [0.15, 0.2) is 0 Å². The average Bonchev–Trinajstić information content (AvgIpc) is 2.43. The molecule has 1 aliphatic carbocycles. The number of hydrogen-bond donors (Lipinski definition) is 2. The summed E-state index contributed by atoms with van der Waals surface area (Å²) in [4.78, 5) is 2.26. The van der Waals surface area contributed by atoms with Gasteiger partial charge in [0.1, 0.15) is 0 Å². The van der Waals surface area contributed by atoms with Gasteiger partial charge in [-0.1, -0.05) is 26.2 Å². The highest BCUT2D eigenvalue weighted by Crippen LogP contribution is 2.22. The lowest BCUT2D eigenvalue weighted by atomic mass is 10.0. The van der Waals surface area contributed by atoms with E-state index in [0.717, 1.165) is 32.2 Å². The predicted octanol–water partition coefficient (Wildman–Crippen LogP) is 1.38. The van der Waals surface area contributed by atoms with Crippen LogP contribution in [0.3, 0.4) is 0 Å². The highest BCUT2D eigenvalue weighted by Gasteiger charge is 2.26. The van der Waals surface area contributed by atoms with Crippen LogP contribution in [0.4, 0.5) is 0 Å². The highest BCUT2D eigenvalue weighted by molar-refractivity contribution is 4.81. The maximum absolute atomic E-state index is 10.0. The first-order valence-corrected chi connectivity index (χ1v) is 6.32. The van der Waals surface area contributed by atoms with Gasteiger partial charge in [0.05, 0.1) is 12.7 Å². The molecular formula is C12H25NO2. The molecular weight excluding hydrogens is 190 g/mol. The van der Waals surface area contributed by atoms with Gasteiger partial charge in [0, 0.05) is 12.6 Å². The number of aliphatic hydroxyl groups excluding tert-OH is 2. The standard InChI is InChI=1S/C12H25NO2/c1-2-8-13(9-10-14)11-6-4-3-5-7-12(11)15/h11-12,14-15H,2-10H2,1H3. The monoisotopic (exact) mass is 215 g/mol. The van der Waals surface area contributed by atoms with Crippen LogP contribution in [0, 0.1) is 0 Å². The van der Waals surface area contributed by atoms with Crippen LogP contribution in [-0.2, 0) is 0 Å². The van der Waals surface area contributed by atoms with Gasteiger partial charge in [0.25, 0.3) is 0 Å². The van der Waals surface area contributed by atoms with E-state index in [1.54, 1.807) is 0 Å². The van der Waals surface area contributed by atoms with Crippen molar-refractivity contribution in [2.24, 2.45) is 0 Å². The molecule has 1 rings (SSSR count). The molecule has 1 aliphatic rings. The van der Waals surface area contributed by atoms with Gasteiger partial charge in [0.2, 0.25) is 0 Å². The molecule has 0 amide bonds. The largest absolute Gasteiger partial charge is 0.395 e. The van der Waals surface area contributed by atoms with Crippen LogP contribution in [0.15, 0.2) is 0 Å². The highest BCUT2D eigenvalue weighted by atomic mass is 16.3. The van der Waals surface area contributed by atoms with Gasteiger partial charge in [-0.25, -0.2) is 0 Å². The van der Waals surface area contributed by atoms with Crippen molar-refractivity contribution in [2.75, 3.05) is 19.7 Å². The summed E-state index contributed by atoms with van der Waals surface area (Å²) in [6.45, 7) is 4.04. The number of aliphatic hydroxyl groups is 2.